The number of imide groups is 1. The predicted molar refractivity (Wildman–Crippen MR) is 131 cm³/mol. The van der Waals surface area contributed by atoms with Gasteiger partial charge in [-0.1, -0.05) is 41.4 Å². The molecule has 33 heavy (non-hydrogen) atoms. The van der Waals surface area contributed by atoms with E-state index in [1.807, 2.05) is 19.9 Å². The molecular formula is C25H19Cl2N3O3. The number of hydrogen-bond acceptors (Lipinski definition) is 4. The van der Waals surface area contributed by atoms with Gasteiger partial charge in [-0.05, 0) is 73.5 Å². The van der Waals surface area contributed by atoms with Crippen LogP contribution < -0.4 is 15.5 Å². The van der Waals surface area contributed by atoms with Crippen molar-refractivity contribution in [2.75, 3.05) is 15.5 Å². The molecule has 3 aromatic carbocycles. The van der Waals surface area contributed by atoms with E-state index in [0.717, 1.165) is 16.0 Å². The van der Waals surface area contributed by atoms with Crippen LogP contribution in [0, 0.1) is 13.8 Å². The SMILES string of the molecule is Cc1ccc(N2C(=O)C(Cl)=C(Nc3cccc(C(=O)Nc4cccc(Cl)c4)c3)C2=O)cc1C. The smallest absolute Gasteiger partial charge is 0.283 e. The summed E-state index contributed by atoms with van der Waals surface area (Å²) in [7, 11) is 0. The predicted octanol–water partition coefficient (Wildman–Crippen LogP) is 5.64. The van der Waals surface area contributed by atoms with Crippen molar-refractivity contribution >= 4 is 58.0 Å². The largest absolute Gasteiger partial charge is 0.350 e. The van der Waals surface area contributed by atoms with Gasteiger partial charge < -0.3 is 10.6 Å². The fourth-order valence-corrected chi connectivity index (χ4v) is 3.77. The number of benzene rings is 3. The van der Waals surface area contributed by atoms with Gasteiger partial charge in [0.1, 0.15) is 10.7 Å². The first kappa shape index (κ1) is 22.6. The lowest BCUT2D eigenvalue weighted by molar-refractivity contribution is -0.120. The summed E-state index contributed by atoms with van der Waals surface area (Å²) in [4.78, 5) is 39.4. The summed E-state index contributed by atoms with van der Waals surface area (Å²) in [6.45, 7) is 3.85. The van der Waals surface area contributed by atoms with Crippen LogP contribution in [0.3, 0.4) is 0 Å². The second-order valence-corrected chi connectivity index (χ2v) is 8.39. The minimum atomic E-state index is -0.609. The molecule has 0 atom stereocenters. The van der Waals surface area contributed by atoms with Crippen molar-refractivity contribution in [3.05, 3.63) is 99.2 Å². The molecule has 1 heterocycles. The summed E-state index contributed by atoms with van der Waals surface area (Å²) in [5.41, 5.74) is 3.72. The van der Waals surface area contributed by atoms with E-state index in [1.54, 1.807) is 60.7 Å². The molecule has 2 N–H and O–H groups in total. The van der Waals surface area contributed by atoms with Crippen molar-refractivity contribution in [2.24, 2.45) is 0 Å². The molecule has 6 nitrogen and oxygen atoms in total. The molecule has 3 amide bonds. The summed E-state index contributed by atoms with van der Waals surface area (Å²) >= 11 is 12.2. The molecule has 0 spiro atoms. The Balaban J connectivity index is 1.55. The van der Waals surface area contributed by atoms with E-state index in [9.17, 15) is 14.4 Å². The van der Waals surface area contributed by atoms with Crippen LogP contribution in [0.4, 0.5) is 17.1 Å². The summed E-state index contributed by atoms with van der Waals surface area (Å²) in [5.74, 6) is -1.53. The average Bonchev–Trinajstić information content (AvgIpc) is 2.99. The maximum absolute atomic E-state index is 13.0. The molecule has 0 fully saturated rings. The number of rotatable bonds is 5. The molecule has 0 aromatic heterocycles. The Labute approximate surface area is 200 Å². The van der Waals surface area contributed by atoms with Crippen LogP contribution in [-0.2, 0) is 9.59 Å². The Morgan fingerprint density at radius 1 is 0.818 bits per heavy atom. The normalized spacial score (nSPS) is 13.5. The monoisotopic (exact) mass is 479 g/mol. The highest BCUT2D eigenvalue weighted by Gasteiger charge is 2.39. The van der Waals surface area contributed by atoms with Gasteiger partial charge in [-0.15, -0.1) is 0 Å². The lowest BCUT2D eigenvalue weighted by Crippen LogP contribution is -2.32. The van der Waals surface area contributed by atoms with Crippen LogP contribution in [0.5, 0.6) is 0 Å². The van der Waals surface area contributed by atoms with E-state index in [4.69, 9.17) is 23.2 Å². The van der Waals surface area contributed by atoms with Gasteiger partial charge in [-0.2, -0.15) is 0 Å². The standard InChI is InChI=1S/C25H19Cl2N3O3/c1-14-9-10-20(11-15(14)2)30-24(32)21(27)22(25(30)33)28-18-7-3-5-16(12-18)23(31)29-19-8-4-6-17(26)13-19/h3-13,28H,1-2H3,(H,29,31). The van der Waals surface area contributed by atoms with Crippen LogP contribution in [0.15, 0.2) is 77.5 Å². The number of nitrogens with zero attached hydrogens (tertiary/aromatic N) is 1. The first-order valence-corrected chi connectivity index (χ1v) is 10.8. The van der Waals surface area contributed by atoms with E-state index >= 15 is 0 Å². The zero-order chi connectivity index (χ0) is 23.7. The molecule has 4 rings (SSSR count). The topological polar surface area (TPSA) is 78.5 Å². The highest BCUT2D eigenvalue weighted by Crippen LogP contribution is 2.31. The summed E-state index contributed by atoms with van der Waals surface area (Å²) in [5, 5.41) is 5.95. The van der Waals surface area contributed by atoms with Gasteiger partial charge in [0.25, 0.3) is 17.7 Å². The lowest BCUT2D eigenvalue weighted by atomic mass is 10.1. The van der Waals surface area contributed by atoms with Crippen LogP contribution >= 0.6 is 23.2 Å². The van der Waals surface area contributed by atoms with Crippen molar-refractivity contribution in [3.8, 4) is 0 Å². The highest BCUT2D eigenvalue weighted by atomic mass is 35.5. The second-order valence-electron chi connectivity index (χ2n) is 7.57. The van der Waals surface area contributed by atoms with Gasteiger partial charge in [-0.3, -0.25) is 14.4 Å². The van der Waals surface area contributed by atoms with E-state index in [0.29, 0.717) is 27.6 Å². The molecule has 0 radical (unpaired) electrons. The Morgan fingerprint density at radius 3 is 2.27 bits per heavy atom. The third-order valence-corrected chi connectivity index (χ3v) is 5.84. The van der Waals surface area contributed by atoms with E-state index in [2.05, 4.69) is 10.6 Å². The number of aryl methyl sites for hydroxylation is 2. The van der Waals surface area contributed by atoms with Gasteiger partial charge in [-0.25, -0.2) is 4.90 Å². The number of carbonyl (C=O) groups is 3. The van der Waals surface area contributed by atoms with E-state index in [-0.39, 0.29) is 16.6 Å². The minimum absolute atomic E-state index is 0.0488. The Kier molecular flexibility index (Phi) is 6.22. The zero-order valence-electron chi connectivity index (χ0n) is 17.8. The Morgan fingerprint density at radius 2 is 1.55 bits per heavy atom. The average molecular weight is 480 g/mol. The first-order valence-electron chi connectivity index (χ1n) is 10.0. The van der Waals surface area contributed by atoms with Gasteiger partial charge in [0.15, 0.2) is 0 Å². The molecule has 1 aliphatic heterocycles. The number of hydrogen-bond donors (Lipinski definition) is 2. The van der Waals surface area contributed by atoms with Gasteiger partial charge in [0, 0.05) is 22.0 Å². The molecular weight excluding hydrogens is 461 g/mol. The summed E-state index contributed by atoms with van der Waals surface area (Å²) in [6.07, 6.45) is 0. The van der Waals surface area contributed by atoms with Crippen molar-refractivity contribution in [1.29, 1.82) is 0 Å². The van der Waals surface area contributed by atoms with E-state index in [1.165, 1.54) is 0 Å². The maximum Gasteiger partial charge on any atom is 0.283 e. The fourth-order valence-electron chi connectivity index (χ4n) is 3.36. The molecule has 166 valence electrons. The third-order valence-electron chi connectivity index (χ3n) is 5.25. The number of anilines is 3. The summed E-state index contributed by atoms with van der Waals surface area (Å²) < 4.78 is 0. The fraction of sp³-hybridized carbons (Fsp3) is 0.0800. The molecule has 1 aliphatic rings. The first-order chi connectivity index (χ1) is 15.7. The molecule has 0 saturated heterocycles. The Hall–Kier alpha value is -3.61. The molecule has 3 aromatic rings. The van der Waals surface area contributed by atoms with Crippen molar-refractivity contribution < 1.29 is 14.4 Å². The molecule has 8 heteroatoms. The van der Waals surface area contributed by atoms with E-state index < -0.39 is 11.8 Å². The highest BCUT2D eigenvalue weighted by molar-refractivity contribution is 6.53. The Bertz CT molecular complexity index is 1330. The molecule has 0 bridgehead atoms. The second kappa shape index (κ2) is 9.10. The van der Waals surface area contributed by atoms with Gasteiger partial charge >= 0.3 is 0 Å². The number of carbonyl (C=O) groups excluding carboxylic acids is 3. The number of nitrogens with one attached hydrogen (secondary N) is 2. The number of amides is 3. The minimum Gasteiger partial charge on any atom is -0.350 e. The van der Waals surface area contributed by atoms with Crippen LogP contribution in [0.25, 0.3) is 0 Å². The maximum atomic E-state index is 13.0. The molecule has 0 saturated carbocycles. The van der Waals surface area contributed by atoms with Crippen molar-refractivity contribution in [2.45, 2.75) is 13.8 Å². The zero-order valence-corrected chi connectivity index (χ0v) is 19.3. The van der Waals surface area contributed by atoms with Crippen LogP contribution in [0.1, 0.15) is 21.5 Å². The quantitative estimate of drug-likeness (QED) is 0.463. The lowest BCUT2D eigenvalue weighted by Gasteiger charge is -2.16. The van der Waals surface area contributed by atoms with Crippen LogP contribution in [0.2, 0.25) is 5.02 Å². The molecule has 0 unspecified atom stereocenters. The van der Waals surface area contributed by atoms with Crippen LogP contribution in [-0.4, -0.2) is 17.7 Å². The molecule has 0 aliphatic carbocycles. The van der Waals surface area contributed by atoms with Gasteiger partial charge in [0.2, 0.25) is 0 Å². The van der Waals surface area contributed by atoms with Crippen molar-refractivity contribution in [1.82, 2.24) is 0 Å². The number of halogens is 2. The van der Waals surface area contributed by atoms with Crippen molar-refractivity contribution in [3.63, 3.8) is 0 Å². The third kappa shape index (κ3) is 4.62. The summed E-state index contributed by atoms with van der Waals surface area (Å²) in [6, 6.07) is 18.6. The van der Waals surface area contributed by atoms with Gasteiger partial charge in [0.05, 0.1) is 5.69 Å².